The van der Waals surface area contributed by atoms with Gasteiger partial charge in [0.05, 0.1) is 9.95 Å². The smallest absolute Gasteiger partial charge is 0.258 e. The molecule has 0 unspecified atom stereocenters. The number of halogens is 1. The van der Waals surface area contributed by atoms with Crippen LogP contribution >= 0.6 is 11.6 Å². The molecule has 0 aliphatic heterocycles. The SMILES string of the molecule is Cc1ccc([N+](=O)[O-])c(S(N)(=O)=O)c1Cl. The number of hydrogen-bond acceptors (Lipinski definition) is 4. The maximum absolute atomic E-state index is 11.1. The normalized spacial score (nSPS) is 11.4. The molecule has 0 spiro atoms. The Labute approximate surface area is 90.9 Å². The average Bonchev–Trinajstić information content (AvgIpc) is 2.06. The van der Waals surface area contributed by atoms with E-state index in [9.17, 15) is 18.5 Å². The summed E-state index contributed by atoms with van der Waals surface area (Å²) in [6.07, 6.45) is 0. The molecule has 82 valence electrons. The van der Waals surface area contributed by atoms with E-state index in [2.05, 4.69) is 0 Å². The van der Waals surface area contributed by atoms with Crippen LogP contribution in [0.3, 0.4) is 0 Å². The van der Waals surface area contributed by atoms with Gasteiger partial charge in [-0.05, 0) is 12.5 Å². The van der Waals surface area contributed by atoms with Crippen LogP contribution < -0.4 is 5.14 Å². The Kier molecular flexibility index (Phi) is 2.98. The van der Waals surface area contributed by atoms with Crippen LogP contribution in [0.25, 0.3) is 0 Å². The highest BCUT2D eigenvalue weighted by atomic mass is 35.5. The van der Waals surface area contributed by atoms with E-state index in [1.165, 1.54) is 13.0 Å². The number of benzene rings is 1. The van der Waals surface area contributed by atoms with Gasteiger partial charge in [-0.25, -0.2) is 13.6 Å². The van der Waals surface area contributed by atoms with Gasteiger partial charge in [-0.2, -0.15) is 0 Å². The number of sulfonamides is 1. The van der Waals surface area contributed by atoms with Gasteiger partial charge in [0.1, 0.15) is 0 Å². The summed E-state index contributed by atoms with van der Waals surface area (Å²) in [5.41, 5.74) is -0.209. The van der Waals surface area contributed by atoms with E-state index < -0.39 is 25.5 Å². The molecule has 0 bridgehead atoms. The molecular weight excluding hydrogens is 244 g/mol. The zero-order chi connectivity index (χ0) is 11.8. The largest absolute Gasteiger partial charge is 0.290 e. The predicted molar refractivity (Wildman–Crippen MR) is 54.2 cm³/mol. The molecule has 15 heavy (non-hydrogen) atoms. The Morgan fingerprint density at radius 2 is 2.00 bits per heavy atom. The fourth-order valence-corrected chi connectivity index (χ4v) is 2.39. The van der Waals surface area contributed by atoms with Crippen LogP contribution in [0.2, 0.25) is 5.02 Å². The van der Waals surface area contributed by atoms with Crippen LogP contribution in [0.15, 0.2) is 17.0 Å². The molecule has 8 heteroatoms. The van der Waals surface area contributed by atoms with Crippen molar-refractivity contribution in [3.63, 3.8) is 0 Å². The molecule has 0 aliphatic rings. The lowest BCUT2D eigenvalue weighted by atomic mass is 10.2. The Bertz CT molecular complexity index is 526. The Balaban J connectivity index is 3.72. The van der Waals surface area contributed by atoms with Crippen molar-refractivity contribution in [3.8, 4) is 0 Å². The second kappa shape index (κ2) is 3.76. The number of nitro benzene ring substituents is 1. The summed E-state index contributed by atoms with van der Waals surface area (Å²) in [4.78, 5) is 9.07. The fraction of sp³-hybridized carbons (Fsp3) is 0.143. The summed E-state index contributed by atoms with van der Waals surface area (Å²) in [5, 5.41) is 15.2. The summed E-state index contributed by atoms with van der Waals surface area (Å²) in [5.74, 6) is 0. The third-order valence-electron chi connectivity index (χ3n) is 1.75. The molecule has 1 rings (SSSR count). The van der Waals surface area contributed by atoms with Gasteiger partial charge in [0.25, 0.3) is 5.69 Å². The van der Waals surface area contributed by atoms with Gasteiger partial charge in [-0.15, -0.1) is 0 Å². The molecule has 1 aromatic carbocycles. The molecule has 0 saturated carbocycles. The molecule has 0 aromatic heterocycles. The summed E-state index contributed by atoms with van der Waals surface area (Å²) < 4.78 is 22.2. The van der Waals surface area contributed by atoms with E-state index in [0.29, 0.717) is 5.56 Å². The van der Waals surface area contributed by atoms with Gasteiger partial charge in [0, 0.05) is 6.07 Å². The molecular formula is C7H7ClN2O4S. The molecule has 0 amide bonds. The number of aryl methyl sites for hydroxylation is 1. The van der Waals surface area contributed by atoms with Crippen LogP contribution in [0.1, 0.15) is 5.56 Å². The minimum atomic E-state index is -4.21. The van der Waals surface area contributed by atoms with Crippen molar-refractivity contribution in [2.75, 3.05) is 0 Å². The number of primary sulfonamides is 1. The van der Waals surface area contributed by atoms with Crippen molar-refractivity contribution in [1.29, 1.82) is 0 Å². The van der Waals surface area contributed by atoms with Crippen LogP contribution in [-0.2, 0) is 10.0 Å². The van der Waals surface area contributed by atoms with Crippen LogP contribution in [0.4, 0.5) is 5.69 Å². The zero-order valence-corrected chi connectivity index (χ0v) is 9.17. The predicted octanol–water partition coefficient (Wildman–Crippen LogP) is 1.20. The molecule has 0 atom stereocenters. The third-order valence-corrected chi connectivity index (χ3v) is 3.33. The summed E-state index contributed by atoms with van der Waals surface area (Å²) in [7, 11) is -4.21. The van der Waals surface area contributed by atoms with E-state index >= 15 is 0 Å². The first-order valence-electron chi connectivity index (χ1n) is 3.71. The van der Waals surface area contributed by atoms with Crippen molar-refractivity contribution in [1.82, 2.24) is 0 Å². The van der Waals surface area contributed by atoms with Crippen molar-refractivity contribution in [2.45, 2.75) is 11.8 Å². The lowest BCUT2D eigenvalue weighted by molar-refractivity contribution is -0.387. The lowest BCUT2D eigenvalue weighted by Gasteiger charge is -2.04. The van der Waals surface area contributed by atoms with Crippen molar-refractivity contribution in [2.24, 2.45) is 5.14 Å². The van der Waals surface area contributed by atoms with Gasteiger partial charge >= 0.3 is 0 Å². The maximum atomic E-state index is 11.1. The minimum Gasteiger partial charge on any atom is -0.258 e. The lowest BCUT2D eigenvalue weighted by Crippen LogP contribution is -2.15. The standard InChI is InChI=1S/C7H7ClN2O4S/c1-4-2-3-5(10(11)12)7(6(4)8)15(9,13)14/h2-3H,1H3,(H2,9,13,14). The number of nitrogens with two attached hydrogens (primary N) is 1. The second-order valence-electron chi connectivity index (χ2n) is 2.85. The Morgan fingerprint density at radius 1 is 1.47 bits per heavy atom. The third kappa shape index (κ3) is 2.25. The highest BCUT2D eigenvalue weighted by molar-refractivity contribution is 7.89. The maximum Gasteiger partial charge on any atom is 0.290 e. The topological polar surface area (TPSA) is 103 Å². The van der Waals surface area contributed by atoms with Gasteiger partial charge in [-0.1, -0.05) is 17.7 Å². The molecule has 6 nitrogen and oxygen atoms in total. The fourth-order valence-electron chi connectivity index (χ4n) is 1.06. The first-order chi connectivity index (χ1) is 6.75. The number of nitro groups is 1. The van der Waals surface area contributed by atoms with Crippen molar-refractivity contribution in [3.05, 3.63) is 32.8 Å². The molecule has 0 heterocycles. The van der Waals surface area contributed by atoms with Crippen LogP contribution in [0, 0.1) is 17.0 Å². The van der Waals surface area contributed by atoms with E-state index in [0.717, 1.165) is 6.07 Å². The molecule has 2 N–H and O–H groups in total. The number of hydrogen-bond donors (Lipinski definition) is 1. The quantitative estimate of drug-likeness (QED) is 0.629. The molecule has 0 saturated heterocycles. The molecule has 1 aromatic rings. The number of nitrogens with zero attached hydrogens (tertiary/aromatic N) is 1. The Hall–Kier alpha value is -1.18. The van der Waals surface area contributed by atoms with Crippen molar-refractivity contribution >= 4 is 27.3 Å². The van der Waals surface area contributed by atoms with Gasteiger partial charge in [0.15, 0.2) is 4.90 Å². The van der Waals surface area contributed by atoms with Gasteiger partial charge in [-0.3, -0.25) is 10.1 Å². The first kappa shape index (κ1) is 11.9. The summed E-state index contributed by atoms with van der Waals surface area (Å²) in [6, 6.07) is 2.41. The zero-order valence-electron chi connectivity index (χ0n) is 7.60. The van der Waals surface area contributed by atoms with Crippen LogP contribution in [-0.4, -0.2) is 13.3 Å². The van der Waals surface area contributed by atoms with E-state index in [1.54, 1.807) is 0 Å². The van der Waals surface area contributed by atoms with Crippen molar-refractivity contribution < 1.29 is 13.3 Å². The highest BCUT2D eigenvalue weighted by Gasteiger charge is 2.27. The summed E-state index contributed by atoms with van der Waals surface area (Å²) in [6.45, 7) is 1.53. The van der Waals surface area contributed by atoms with Gasteiger partial charge < -0.3 is 0 Å². The van der Waals surface area contributed by atoms with E-state index in [1.807, 2.05) is 0 Å². The van der Waals surface area contributed by atoms with Crippen LogP contribution in [0.5, 0.6) is 0 Å². The van der Waals surface area contributed by atoms with E-state index in [-0.39, 0.29) is 5.02 Å². The first-order valence-corrected chi connectivity index (χ1v) is 5.64. The molecule has 0 radical (unpaired) electrons. The summed E-state index contributed by atoms with van der Waals surface area (Å²) >= 11 is 5.66. The second-order valence-corrected chi connectivity index (χ2v) is 4.72. The highest BCUT2D eigenvalue weighted by Crippen LogP contribution is 2.32. The Morgan fingerprint density at radius 3 is 2.40 bits per heavy atom. The minimum absolute atomic E-state index is 0.216. The molecule has 0 aliphatic carbocycles. The average molecular weight is 251 g/mol. The monoisotopic (exact) mass is 250 g/mol. The molecule has 0 fully saturated rings. The number of rotatable bonds is 2. The van der Waals surface area contributed by atoms with Gasteiger partial charge in [0.2, 0.25) is 10.0 Å². The van der Waals surface area contributed by atoms with E-state index in [4.69, 9.17) is 16.7 Å².